The second-order valence-corrected chi connectivity index (χ2v) is 4.32. The molecule has 0 aliphatic heterocycles. The molecule has 5 nitrogen and oxygen atoms in total. The molecule has 1 aromatic carbocycles. The summed E-state index contributed by atoms with van der Waals surface area (Å²) in [4.78, 5) is 12.0. The van der Waals surface area contributed by atoms with Gasteiger partial charge in [-0.25, -0.2) is 0 Å². The molecule has 0 aliphatic rings. The number of nitrogens with zero attached hydrogens (tertiary/aromatic N) is 2. The van der Waals surface area contributed by atoms with Crippen LogP contribution < -0.4 is 11.1 Å². The van der Waals surface area contributed by atoms with Gasteiger partial charge in [-0.1, -0.05) is 12.1 Å². The van der Waals surface area contributed by atoms with Crippen molar-refractivity contribution < 1.29 is 4.79 Å². The Bertz CT molecular complexity index is 560. The van der Waals surface area contributed by atoms with Gasteiger partial charge in [0.15, 0.2) is 5.82 Å². The average Bonchev–Trinajstić information content (AvgIpc) is 2.78. The maximum absolute atomic E-state index is 12.0. The lowest BCUT2D eigenvalue weighted by Crippen LogP contribution is -2.14. The number of nitrogens with one attached hydrogen (secondary N) is 1. The van der Waals surface area contributed by atoms with Crippen LogP contribution in [0.4, 0.5) is 11.5 Å². The molecule has 0 saturated heterocycles. The Labute approximate surface area is 106 Å². The normalized spacial score (nSPS) is 10.6. The van der Waals surface area contributed by atoms with E-state index in [1.165, 1.54) is 0 Å². The first-order chi connectivity index (χ1) is 8.58. The SMILES string of the molecule is CC(C)n1ccc(NC(=O)c2ccccc2N)n1. The van der Waals surface area contributed by atoms with Crippen molar-refractivity contribution in [2.45, 2.75) is 19.9 Å². The van der Waals surface area contributed by atoms with Gasteiger partial charge < -0.3 is 11.1 Å². The first-order valence-electron chi connectivity index (χ1n) is 5.79. The first-order valence-corrected chi connectivity index (χ1v) is 5.79. The minimum absolute atomic E-state index is 0.248. The molecular weight excluding hydrogens is 228 g/mol. The van der Waals surface area contributed by atoms with Crippen LogP contribution in [-0.4, -0.2) is 15.7 Å². The van der Waals surface area contributed by atoms with E-state index in [1.54, 1.807) is 35.0 Å². The number of amides is 1. The van der Waals surface area contributed by atoms with Crippen molar-refractivity contribution in [3.8, 4) is 0 Å². The van der Waals surface area contributed by atoms with Gasteiger partial charge in [-0.3, -0.25) is 9.48 Å². The lowest BCUT2D eigenvalue weighted by Gasteiger charge is -2.06. The summed E-state index contributed by atoms with van der Waals surface area (Å²) < 4.78 is 1.78. The molecule has 3 N–H and O–H groups in total. The summed E-state index contributed by atoms with van der Waals surface area (Å²) in [6.45, 7) is 4.04. The number of rotatable bonds is 3. The fraction of sp³-hybridized carbons (Fsp3) is 0.231. The second kappa shape index (κ2) is 4.91. The quantitative estimate of drug-likeness (QED) is 0.814. The summed E-state index contributed by atoms with van der Waals surface area (Å²) in [6.07, 6.45) is 1.83. The molecule has 0 fully saturated rings. The summed E-state index contributed by atoms with van der Waals surface area (Å²) in [7, 11) is 0. The van der Waals surface area contributed by atoms with Crippen LogP contribution in [0.15, 0.2) is 36.5 Å². The van der Waals surface area contributed by atoms with E-state index in [0.717, 1.165) is 0 Å². The largest absolute Gasteiger partial charge is 0.398 e. The van der Waals surface area contributed by atoms with Crippen LogP contribution >= 0.6 is 0 Å². The van der Waals surface area contributed by atoms with Gasteiger partial charge in [-0.2, -0.15) is 5.10 Å². The van der Waals surface area contributed by atoms with E-state index in [1.807, 2.05) is 20.0 Å². The van der Waals surface area contributed by atoms with Crippen LogP contribution in [0.25, 0.3) is 0 Å². The minimum Gasteiger partial charge on any atom is -0.398 e. The molecule has 1 aromatic heterocycles. The number of nitrogen functional groups attached to an aromatic ring is 1. The number of nitrogens with two attached hydrogens (primary N) is 1. The van der Waals surface area contributed by atoms with E-state index in [-0.39, 0.29) is 11.9 Å². The van der Waals surface area contributed by atoms with Crippen LogP contribution in [0.3, 0.4) is 0 Å². The van der Waals surface area contributed by atoms with Gasteiger partial charge in [0.25, 0.3) is 5.91 Å². The van der Waals surface area contributed by atoms with Crippen LogP contribution in [0.1, 0.15) is 30.2 Å². The van der Waals surface area contributed by atoms with Crippen LogP contribution in [0.5, 0.6) is 0 Å². The number of carbonyl (C=O) groups excluding carboxylic acids is 1. The summed E-state index contributed by atoms with van der Waals surface area (Å²) in [5, 5.41) is 6.97. The molecule has 18 heavy (non-hydrogen) atoms. The highest BCUT2D eigenvalue weighted by Gasteiger charge is 2.10. The zero-order valence-corrected chi connectivity index (χ0v) is 10.4. The van der Waals surface area contributed by atoms with E-state index in [2.05, 4.69) is 10.4 Å². The van der Waals surface area contributed by atoms with E-state index in [9.17, 15) is 4.79 Å². The van der Waals surface area contributed by atoms with E-state index in [4.69, 9.17) is 5.73 Å². The van der Waals surface area contributed by atoms with Crippen molar-refractivity contribution in [3.05, 3.63) is 42.1 Å². The molecule has 0 aliphatic carbocycles. The molecule has 1 heterocycles. The van der Waals surface area contributed by atoms with Gasteiger partial charge in [0.05, 0.1) is 5.56 Å². The number of aromatic nitrogens is 2. The predicted molar refractivity (Wildman–Crippen MR) is 71.4 cm³/mol. The fourth-order valence-electron chi connectivity index (χ4n) is 1.58. The number of hydrogen-bond acceptors (Lipinski definition) is 3. The predicted octanol–water partition coefficient (Wildman–Crippen LogP) is 2.30. The molecule has 0 radical (unpaired) electrons. The van der Waals surface area contributed by atoms with Gasteiger partial charge in [0.2, 0.25) is 0 Å². The third-order valence-electron chi connectivity index (χ3n) is 2.58. The molecule has 0 bridgehead atoms. The van der Waals surface area contributed by atoms with Crippen LogP contribution in [0.2, 0.25) is 0 Å². The second-order valence-electron chi connectivity index (χ2n) is 4.32. The van der Waals surface area contributed by atoms with Gasteiger partial charge in [-0.15, -0.1) is 0 Å². The van der Waals surface area contributed by atoms with Crippen molar-refractivity contribution in [2.75, 3.05) is 11.1 Å². The van der Waals surface area contributed by atoms with Crippen molar-refractivity contribution >= 4 is 17.4 Å². The van der Waals surface area contributed by atoms with E-state index in [0.29, 0.717) is 17.1 Å². The van der Waals surface area contributed by atoms with Crippen LogP contribution in [0, 0.1) is 0 Å². The van der Waals surface area contributed by atoms with Crippen molar-refractivity contribution in [1.29, 1.82) is 0 Å². The molecule has 5 heteroatoms. The summed E-state index contributed by atoms with van der Waals surface area (Å²) >= 11 is 0. The third-order valence-corrected chi connectivity index (χ3v) is 2.58. The highest BCUT2D eigenvalue weighted by atomic mass is 16.1. The average molecular weight is 244 g/mol. The Balaban J connectivity index is 2.14. The maximum atomic E-state index is 12.0. The lowest BCUT2D eigenvalue weighted by atomic mass is 10.2. The Morgan fingerprint density at radius 2 is 2.06 bits per heavy atom. The number of benzene rings is 1. The number of carbonyl (C=O) groups is 1. The summed E-state index contributed by atoms with van der Waals surface area (Å²) in [5.74, 6) is 0.277. The van der Waals surface area contributed by atoms with Gasteiger partial charge >= 0.3 is 0 Å². The zero-order valence-electron chi connectivity index (χ0n) is 10.4. The molecule has 1 amide bonds. The van der Waals surface area contributed by atoms with Crippen molar-refractivity contribution in [2.24, 2.45) is 0 Å². The molecule has 0 atom stereocenters. The molecule has 0 unspecified atom stereocenters. The summed E-state index contributed by atoms with van der Waals surface area (Å²) in [5.41, 5.74) is 6.65. The van der Waals surface area contributed by atoms with E-state index < -0.39 is 0 Å². The highest BCUT2D eigenvalue weighted by Crippen LogP contribution is 2.14. The fourth-order valence-corrected chi connectivity index (χ4v) is 1.58. The third kappa shape index (κ3) is 2.51. The van der Waals surface area contributed by atoms with Gasteiger partial charge in [-0.05, 0) is 26.0 Å². The number of para-hydroxylation sites is 1. The molecule has 0 saturated carbocycles. The Morgan fingerprint density at radius 3 is 2.67 bits per heavy atom. The van der Waals surface area contributed by atoms with Crippen molar-refractivity contribution in [1.82, 2.24) is 9.78 Å². The number of hydrogen-bond donors (Lipinski definition) is 2. The highest BCUT2D eigenvalue weighted by molar-refractivity contribution is 6.07. The van der Waals surface area contributed by atoms with E-state index >= 15 is 0 Å². The molecule has 0 spiro atoms. The molecule has 2 aromatic rings. The Kier molecular flexibility index (Phi) is 3.32. The van der Waals surface area contributed by atoms with Gasteiger partial charge in [0, 0.05) is 24.0 Å². The molecule has 94 valence electrons. The number of anilines is 2. The van der Waals surface area contributed by atoms with Gasteiger partial charge in [0.1, 0.15) is 0 Å². The standard InChI is InChI=1S/C13H16N4O/c1-9(2)17-8-7-12(16-17)15-13(18)10-5-3-4-6-11(10)14/h3-9H,14H2,1-2H3,(H,15,16,18). The maximum Gasteiger partial charge on any atom is 0.258 e. The zero-order chi connectivity index (χ0) is 13.1. The minimum atomic E-state index is -0.248. The molecule has 2 rings (SSSR count). The van der Waals surface area contributed by atoms with Crippen LogP contribution in [-0.2, 0) is 0 Å². The Hall–Kier alpha value is -2.30. The van der Waals surface area contributed by atoms with Crippen molar-refractivity contribution in [3.63, 3.8) is 0 Å². The topological polar surface area (TPSA) is 72.9 Å². The summed E-state index contributed by atoms with van der Waals surface area (Å²) in [6, 6.07) is 8.97. The first kappa shape index (κ1) is 12.2. The monoisotopic (exact) mass is 244 g/mol. The lowest BCUT2D eigenvalue weighted by molar-refractivity contribution is 0.102. The Morgan fingerprint density at radius 1 is 1.33 bits per heavy atom. The molecular formula is C13H16N4O. The smallest absolute Gasteiger partial charge is 0.258 e.